The third-order valence-electron chi connectivity index (χ3n) is 5.19. The summed E-state index contributed by atoms with van der Waals surface area (Å²) >= 11 is 0. The van der Waals surface area contributed by atoms with Crippen LogP contribution in [0.4, 0.5) is 16.2 Å². The molecular weight excluding hydrogens is 318 g/mol. The first-order valence-electron chi connectivity index (χ1n) is 8.99. The second kappa shape index (κ2) is 7.25. The number of amides is 4. The Hall–Kier alpha value is -2.37. The van der Waals surface area contributed by atoms with E-state index in [9.17, 15) is 14.4 Å². The third kappa shape index (κ3) is 3.83. The van der Waals surface area contributed by atoms with Crippen molar-refractivity contribution in [1.82, 2.24) is 5.32 Å². The molecule has 6 nitrogen and oxygen atoms in total. The summed E-state index contributed by atoms with van der Waals surface area (Å²) in [5.41, 5.74) is 1.96. The fourth-order valence-corrected chi connectivity index (χ4v) is 3.64. The van der Waals surface area contributed by atoms with E-state index in [1.54, 1.807) is 12.1 Å². The first kappa shape index (κ1) is 17.5. The van der Waals surface area contributed by atoms with Crippen molar-refractivity contribution in [3.63, 3.8) is 0 Å². The molecule has 2 aliphatic rings. The van der Waals surface area contributed by atoms with Crippen LogP contribution in [0.3, 0.4) is 0 Å². The molecule has 1 saturated carbocycles. The summed E-state index contributed by atoms with van der Waals surface area (Å²) < 4.78 is 0. The van der Waals surface area contributed by atoms with Crippen LogP contribution in [0.1, 0.15) is 51.0 Å². The Morgan fingerprint density at radius 1 is 1.12 bits per heavy atom. The summed E-state index contributed by atoms with van der Waals surface area (Å²) in [5, 5.41) is 5.87. The number of benzene rings is 1. The SMILES string of the molecule is Cc1ccc(NC(=O)NC2CCCCC2C)cc1N1C(=O)CCC1=O. The van der Waals surface area contributed by atoms with Crippen LogP contribution in [0.15, 0.2) is 18.2 Å². The lowest BCUT2D eigenvalue weighted by Gasteiger charge is -2.29. The average molecular weight is 343 g/mol. The summed E-state index contributed by atoms with van der Waals surface area (Å²) in [5.74, 6) is 0.101. The maximum atomic E-state index is 12.3. The van der Waals surface area contributed by atoms with Crippen LogP contribution in [-0.4, -0.2) is 23.9 Å². The zero-order chi connectivity index (χ0) is 18.0. The average Bonchev–Trinajstić information content (AvgIpc) is 2.90. The molecule has 3 rings (SSSR count). The molecule has 1 aliphatic carbocycles. The molecule has 1 heterocycles. The van der Waals surface area contributed by atoms with E-state index in [-0.39, 0.29) is 36.7 Å². The van der Waals surface area contributed by atoms with Crippen molar-refractivity contribution in [3.8, 4) is 0 Å². The second-order valence-corrected chi connectivity index (χ2v) is 7.09. The monoisotopic (exact) mass is 343 g/mol. The maximum Gasteiger partial charge on any atom is 0.319 e. The van der Waals surface area contributed by atoms with E-state index in [1.165, 1.54) is 11.3 Å². The van der Waals surface area contributed by atoms with Gasteiger partial charge in [-0.05, 0) is 43.4 Å². The maximum absolute atomic E-state index is 12.3. The van der Waals surface area contributed by atoms with Gasteiger partial charge in [0.25, 0.3) is 0 Å². The number of rotatable bonds is 3. The number of anilines is 2. The molecule has 0 aromatic heterocycles. The Kier molecular flexibility index (Phi) is 5.06. The van der Waals surface area contributed by atoms with Crippen molar-refractivity contribution in [2.24, 2.45) is 5.92 Å². The standard InChI is InChI=1S/C19H25N3O3/c1-12-5-3-4-6-15(12)21-19(25)20-14-8-7-13(2)16(11-14)22-17(23)9-10-18(22)24/h7-8,11-12,15H,3-6,9-10H2,1-2H3,(H2,20,21,25). The van der Waals surface area contributed by atoms with Gasteiger partial charge < -0.3 is 10.6 Å². The number of aryl methyl sites for hydroxylation is 1. The molecule has 1 aromatic carbocycles. The zero-order valence-corrected chi connectivity index (χ0v) is 14.8. The topological polar surface area (TPSA) is 78.5 Å². The number of nitrogens with zero attached hydrogens (tertiary/aromatic N) is 1. The smallest absolute Gasteiger partial charge is 0.319 e. The Balaban J connectivity index is 1.70. The van der Waals surface area contributed by atoms with E-state index in [2.05, 4.69) is 17.6 Å². The van der Waals surface area contributed by atoms with Crippen molar-refractivity contribution in [2.75, 3.05) is 10.2 Å². The van der Waals surface area contributed by atoms with Crippen LogP contribution in [0.2, 0.25) is 0 Å². The highest BCUT2D eigenvalue weighted by atomic mass is 16.2. The van der Waals surface area contributed by atoms with Gasteiger partial charge in [0.05, 0.1) is 5.69 Å². The van der Waals surface area contributed by atoms with Gasteiger partial charge in [0.2, 0.25) is 11.8 Å². The molecular formula is C19H25N3O3. The van der Waals surface area contributed by atoms with Crippen LogP contribution >= 0.6 is 0 Å². The van der Waals surface area contributed by atoms with E-state index >= 15 is 0 Å². The molecule has 4 amide bonds. The fraction of sp³-hybridized carbons (Fsp3) is 0.526. The molecule has 0 spiro atoms. The highest BCUT2D eigenvalue weighted by Gasteiger charge is 2.31. The normalized spacial score (nSPS) is 23.7. The summed E-state index contributed by atoms with van der Waals surface area (Å²) in [6.07, 6.45) is 5.00. The molecule has 6 heteroatoms. The molecule has 2 unspecified atom stereocenters. The summed E-state index contributed by atoms with van der Waals surface area (Å²) in [4.78, 5) is 37.5. The molecule has 2 atom stereocenters. The number of nitrogens with one attached hydrogen (secondary N) is 2. The minimum absolute atomic E-state index is 0.189. The summed E-state index contributed by atoms with van der Waals surface area (Å²) in [6.45, 7) is 4.01. The molecule has 0 radical (unpaired) electrons. The van der Waals surface area contributed by atoms with E-state index in [1.807, 2.05) is 13.0 Å². The molecule has 1 aromatic rings. The Bertz CT molecular complexity index is 685. The number of urea groups is 1. The van der Waals surface area contributed by atoms with Crippen molar-refractivity contribution in [2.45, 2.75) is 58.4 Å². The minimum Gasteiger partial charge on any atom is -0.335 e. The summed E-state index contributed by atoms with van der Waals surface area (Å²) in [7, 11) is 0. The lowest BCUT2D eigenvalue weighted by atomic mass is 9.86. The van der Waals surface area contributed by atoms with E-state index in [4.69, 9.17) is 0 Å². The highest BCUT2D eigenvalue weighted by molar-refractivity contribution is 6.20. The lowest BCUT2D eigenvalue weighted by Crippen LogP contribution is -2.43. The van der Waals surface area contributed by atoms with Gasteiger partial charge in [0, 0.05) is 24.6 Å². The largest absolute Gasteiger partial charge is 0.335 e. The van der Waals surface area contributed by atoms with Gasteiger partial charge in [-0.2, -0.15) is 0 Å². The molecule has 134 valence electrons. The predicted molar refractivity (Wildman–Crippen MR) is 96.5 cm³/mol. The quantitative estimate of drug-likeness (QED) is 0.826. The van der Waals surface area contributed by atoms with Gasteiger partial charge in [0.1, 0.15) is 0 Å². The van der Waals surface area contributed by atoms with E-state index in [0.29, 0.717) is 17.3 Å². The van der Waals surface area contributed by atoms with Crippen molar-refractivity contribution in [3.05, 3.63) is 23.8 Å². The molecule has 25 heavy (non-hydrogen) atoms. The number of carbonyl (C=O) groups is 3. The third-order valence-corrected chi connectivity index (χ3v) is 5.19. The highest BCUT2D eigenvalue weighted by Crippen LogP contribution is 2.29. The van der Waals surface area contributed by atoms with Gasteiger partial charge in [-0.3, -0.25) is 14.5 Å². The Labute approximate surface area is 148 Å². The van der Waals surface area contributed by atoms with Crippen molar-refractivity contribution < 1.29 is 14.4 Å². The van der Waals surface area contributed by atoms with Crippen molar-refractivity contribution >= 4 is 29.2 Å². The molecule has 0 bridgehead atoms. The second-order valence-electron chi connectivity index (χ2n) is 7.09. The fourth-order valence-electron chi connectivity index (χ4n) is 3.64. The minimum atomic E-state index is -0.243. The number of hydrogen-bond donors (Lipinski definition) is 2. The van der Waals surface area contributed by atoms with Crippen LogP contribution in [0.25, 0.3) is 0 Å². The van der Waals surface area contributed by atoms with Crippen LogP contribution in [0.5, 0.6) is 0 Å². The van der Waals surface area contributed by atoms with Gasteiger partial charge in [0.15, 0.2) is 0 Å². The van der Waals surface area contributed by atoms with Crippen LogP contribution in [-0.2, 0) is 9.59 Å². The molecule has 2 fully saturated rings. The molecule has 2 N–H and O–H groups in total. The first-order chi connectivity index (χ1) is 12.0. The zero-order valence-electron chi connectivity index (χ0n) is 14.8. The molecule has 1 aliphatic heterocycles. The van der Waals surface area contributed by atoms with Crippen LogP contribution < -0.4 is 15.5 Å². The Morgan fingerprint density at radius 2 is 1.80 bits per heavy atom. The van der Waals surface area contributed by atoms with Gasteiger partial charge in [-0.25, -0.2) is 4.79 Å². The van der Waals surface area contributed by atoms with Gasteiger partial charge in [-0.1, -0.05) is 25.8 Å². The van der Waals surface area contributed by atoms with E-state index in [0.717, 1.165) is 24.8 Å². The lowest BCUT2D eigenvalue weighted by molar-refractivity contribution is -0.121. The van der Waals surface area contributed by atoms with Crippen molar-refractivity contribution in [1.29, 1.82) is 0 Å². The first-order valence-corrected chi connectivity index (χ1v) is 8.99. The number of imide groups is 1. The Morgan fingerprint density at radius 3 is 2.48 bits per heavy atom. The van der Waals surface area contributed by atoms with E-state index < -0.39 is 0 Å². The van der Waals surface area contributed by atoms with Gasteiger partial charge >= 0.3 is 6.03 Å². The van der Waals surface area contributed by atoms with Crippen LogP contribution in [0, 0.1) is 12.8 Å². The number of carbonyl (C=O) groups excluding carboxylic acids is 3. The predicted octanol–water partition coefficient (Wildman–Crippen LogP) is 3.35. The van der Waals surface area contributed by atoms with Gasteiger partial charge in [-0.15, -0.1) is 0 Å². The summed E-state index contributed by atoms with van der Waals surface area (Å²) in [6, 6.07) is 5.24. The number of hydrogen-bond acceptors (Lipinski definition) is 3. The molecule has 1 saturated heterocycles.